The molecule has 0 aliphatic heterocycles. The van der Waals surface area contributed by atoms with E-state index in [0.29, 0.717) is 0 Å². The van der Waals surface area contributed by atoms with Crippen LogP contribution in [0.15, 0.2) is 90.0 Å². The number of aromatic hydroxyl groups is 1. The highest BCUT2D eigenvalue weighted by Crippen LogP contribution is 2.26. The summed E-state index contributed by atoms with van der Waals surface area (Å²) in [6.07, 6.45) is 0. The van der Waals surface area contributed by atoms with Crippen LogP contribution in [-0.2, 0) is 0 Å². The summed E-state index contributed by atoms with van der Waals surface area (Å²) in [4.78, 5) is 12.3. The standard InChI is InChI=1S/C22H20N2O2/c1-16(23-24-22(26)19-14-8-9-15-20(19)25)21(17-10-4-2-5-11-17)18-12-6-3-7-13-18/h2-15,21,25H,1H3,(H,24,26). The van der Waals surface area contributed by atoms with Gasteiger partial charge in [-0.15, -0.1) is 0 Å². The molecule has 0 heterocycles. The molecule has 4 nitrogen and oxygen atoms in total. The van der Waals surface area contributed by atoms with Crippen molar-refractivity contribution in [3.63, 3.8) is 0 Å². The van der Waals surface area contributed by atoms with Crippen molar-refractivity contribution >= 4 is 11.6 Å². The molecule has 0 atom stereocenters. The number of phenolic OH excluding ortho intramolecular Hbond substituents is 1. The molecule has 0 radical (unpaired) electrons. The molecule has 3 aromatic carbocycles. The van der Waals surface area contributed by atoms with Crippen LogP contribution in [0.4, 0.5) is 0 Å². The highest BCUT2D eigenvalue weighted by atomic mass is 16.3. The van der Waals surface area contributed by atoms with Gasteiger partial charge in [0.05, 0.1) is 5.56 Å². The van der Waals surface area contributed by atoms with Gasteiger partial charge in [0.2, 0.25) is 0 Å². The first-order valence-electron chi connectivity index (χ1n) is 8.39. The third-order valence-electron chi connectivity index (χ3n) is 4.17. The monoisotopic (exact) mass is 344 g/mol. The van der Waals surface area contributed by atoms with Gasteiger partial charge in [0.15, 0.2) is 0 Å². The quantitative estimate of drug-likeness (QED) is 0.534. The van der Waals surface area contributed by atoms with Gasteiger partial charge in [0, 0.05) is 11.6 Å². The molecule has 0 unspecified atom stereocenters. The minimum atomic E-state index is -0.442. The number of rotatable bonds is 5. The molecule has 3 aromatic rings. The minimum Gasteiger partial charge on any atom is -0.507 e. The van der Waals surface area contributed by atoms with Gasteiger partial charge in [0.1, 0.15) is 5.75 Å². The molecule has 3 rings (SSSR count). The van der Waals surface area contributed by atoms with E-state index >= 15 is 0 Å². The molecule has 26 heavy (non-hydrogen) atoms. The number of amides is 1. The first kappa shape index (κ1) is 17.4. The third-order valence-corrected chi connectivity index (χ3v) is 4.17. The number of hydrazone groups is 1. The van der Waals surface area contributed by atoms with Crippen LogP contribution in [0.2, 0.25) is 0 Å². The predicted molar refractivity (Wildman–Crippen MR) is 103 cm³/mol. The van der Waals surface area contributed by atoms with Crippen molar-refractivity contribution < 1.29 is 9.90 Å². The average molecular weight is 344 g/mol. The number of phenols is 1. The second kappa shape index (κ2) is 8.12. The van der Waals surface area contributed by atoms with E-state index in [0.717, 1.165) is 16.8 Å². The molecule has 2 N–H and O–H groups in total. The molecule has 130 valence electrons. The van der Waals surface area contributed by atoms with E-state index in [1.165, 1.54) is 6.07 Å². The Labute approximate surface area is 152 Å². The molecular weight excluding hydrogens is 324 g/mol. The first-order valence-corrected chi connectivity index (χ1v) is 8.39. The maximum Gasteiger partial charge on any atom is 0.275 e. The van der Waals surface area contributed by atoms with E-state index in [1.54, 1.807) is 18.2 Å². The van der Waals surface area contributed by atoms with E-state index in [9.17, 15) is 9.90 Å². The minimum absolute atomic E-state index is 0.0675. The van der Waals surface area contributed by atoms with Crippen LogP contribution in [0.25, 0.3) is 0 Å². The Morgan fingerprint density at radius 1 is 0.846 bits per heavy atom. The van der Waals surface area contributed by atoms with Crippen molar-refractivity contribution in [3.05, 3.63) is 102 Å². The Morgan fingerprint density at radius 3 is 1.88 bits per heavy atom. The van der Waals surface area contributed by atoms with Crippen molar-refractivity contribution in [2.45, 2.75) is 12.8 Å². The summed E-state index contributed by atoms with van der Waals surface area (Å²) >= 11 is 0. The molecule has 0 aromatic heterocycles. The molecule has 0 bridgehead atoms. The lowest BCUT2D eigenvalue weighted by atomic mass is 9.88. The van der Waals surface area contributed by atoms with Crippen LogP contribution < -0.4 is 5.43 Å². The molecule has 0 fully saturated rings. The number of hydrogen-bond acceptors (Lipinski definition) is 3. The van der Waals surface area contributed by atoms with Crippen molar-refractivity contribution in [1.82, 2.24) is 5.43 Å². The predicted octanol–water partition coefficient (Wildman–Crippen LogP) is 4.33. The van der Waals surface area contributed by atoms with Crippen molar-refractivity contribution in [1.29, 1.82) is 0 Å². The molecule has 0 spiro atoms. The van der Waals surface area contributed by atoms with E-state index in [1.807, 2.05) is 67.6 Å². The summed E-state index contributed by atoms with van der Waals surface area (Å²) in [5, 5.41) is 14.1. The molecule has 0 aliphatic rings. The summed E-state index contributed by atoms with van der Waals surface area (Å²) in [6, 6.07) is 26.5. The van der Waals surface area contributed by atoms with Gasteiger partial charge in [-0.1, -0.05) is 72.8 Å². The van der Waals surface area contributed by atoms with Crippen LogP contribution in [0.1, 0.15) is 34.3 Å². The summed E-state index contributed by atoms with van der Waals surface area (Å²) in [5.74, 6) is -0.579. The van der Waals surface area contributed by atoms with Gasteiger partial charge in [-0.05, 0) is 30.2 Å². The highest BCUT2D eigenvalue weighted by Gasteiger charge is 2.18. The zero-order valence-electron chi connectivity index (χ0n) is 14.5. The number of benzene rings is 3. The van der Waals surface area contributed by atoms with Gasteiger partial charge in [-0.2, -0.15) is 5.10 Å². The van der Waals surface area contributed by atoms with Gasteiger partial charge in [-0.3, -0.25) is 4.79 Å². The molecule has 0 saturated heterocycles. The Hall–Kier alpha value is -3.40. The molecule has 1 amide bonds. The fraction of sp³-hybridized carbons (Fsp3) is 0.0909. The number of carbonyl (C=O) groups is 1. The summed E-state index contributed by atoms with van der Waals surface area (Å²) < 4.78 is 0. The number of carbonyl (C=O) groups excluding carboxylic acids is 1. The summed E-state index contributed by atoms with van der Waals surface area (Å²) in [5.41, 5.74) is 5.69. The van der Waals surface area contributed by atoms with Crippen molar-refractivity contribution in [2.24, 2.45) is 5.10 Å². The summed E-state index contributed by atoms with van der Waals surface area (Å²) in [6.45, 7) is 1.88. The zero-order valence-corrected chi connectivity index (χ0v) is 14.5. The molecular formula is C22H20N2O2. The van der Waals surface area contributed by atoms with E-state index in [2.05, 4.69) is 10.5 Å². The Balaban J connectivity index is 1.88. The Bertz CT molecular complexity index is 866. The lowest BCUT2D eigenvalue weighted by Gasteiger charge is -2.18. The molecule has 0 aliphatic carbocycles. The van der Waals surface area contributed by atoms with Gasteiger partial charge >= 0.3 is 0 Å². The number of nitrogens with one attached hydrogen (secondary N) is 1. The van der Waals surface area contributed by atoms with E-state index in [4.69, 9.17) is 0 Å². The van der Waals surface area contributed by atoms with Crippen LogP contribution in [0.3, 0.4) is 0 Å². The van der Waals surface area contributed by atoms with Crippen LogP contribution >= 0.6 is 0 Å². The van der Waals surface area contributed by atoms with Crippen molar-refractivity contribution in [2.75, 3.05) is 0 Å². The maximum absolute atomic E-state index is 12.3. The normalized spacial score (nSPS) is 11.4. The topological polar surface area (TPSA) is 61.7 Å². The first-order chi connectivity index (χ1) is 12.7. The Kier molecular flexibility index (Phi) is 5.44. The Morgan fingerprint density at radius 2 is 1.35 bits per heavy atom. The van der Waals surface area contributed by atoms with E-state index in [-0.39, 0.29) is 17.2 Å². The lowest BCUT2D eigenvalue weighted by molar-refractivity contribution is 0.0952. The van der Waals surface area contributed by atoms with Crippen LogP contribution in [0.5, 0.6) is 5.75 Å². The maximum atomic E-state index is 12.3. The SMILES string of the molecule is CC(=NNC(=O)c1ccccc1O)C(c1ccccc1)c1ccccc1. The largest absolute Gasteiger partial charge is 0.507 e. The fourth-order valence-electron chi connectivity index (χ4n) is 2.90. The highest BCUT2D eigenvalue weighted by molar-refractivity contribution is 5.98. The fourth-order valence-corrected chi connectivity index (χ4v) is 2.90. The summed E-state index contributed by atoms with van der Waals surface area (Å²) in [7, 11) is 0. The van der Waals surface area contributed by atoms with Crippen LogP contribution in [0, 0.1) is 0 Å². The van der Waals surface area contributed by atoms with Gasteiger partial charge in [0.25, 0.3) is 5.91 Å². The van der Waals surface area contributed by atoms with Crippen molar-refractivity contribution in [3.8, 4) is 5.75 Å². The lowest BCUT2D eigenvalue weighted by Crippen LogP contribution is -2.22. The van der Waals surface area contributed by atoms with Crippen LogP contribution in [-0.4, -0.2) is 16.7 Å². The second-order valence-electron chi connectivity index (χ2n) is 5.97. The number of hydrogen-bond donors (Lipinski definition) is 2. The zero-order chi connectivity index (χ0) is 18.4. The number of nitrogens with zero attached hydrogens (tertiary/aromatic N) is 1. The van der Waals surface area contributed by atoms with Gasteiger partial charge < -0.3 is 5.11 Å². The second-order valence-corrected chi connectivity index (χ2v) is 5.97. The molecule has 4 heteroatoms. The molecule has 0 saturated carbocycles. The van der Waals surface area contributed by atoms with Gasteiger partial charge in [-0.25, -0.2) is 5.43 Å². The third kappa shape index (κ3) is 3.98. The van der Waals surface area contributed by atoms with E-state index < -0.39 is 5.91 Å². The number of para-hydroxylation sites is 1. The smallest absolute Gasteiger partial charge is 0.275 e. The average Bonchev–Trinajstić information content (AvgIpc) is 2.68.